The Morgan fingerprint density at radius 2 is 1.81 bits per heavy atom. The van der Waals surface area contributed by atoms with Crippen LogP contribution in [0.5, 0.6) is 0 Å². The van der Waals surface area contributed by atoms with Gasteiger partial charge in [0.15, 0.2) is 6.10 Å². The lowest BCUT2D eigenvalue weighted by Crippen LogP contribution is -2.31. The molecule has 1 aliphatic heterocycles. The number of nitrogens with zero attached hydrogens (tertiary/aromatic N) is 1. The normalized spacial score (nSPS) is 14.0. The highest BCUT2D eigenvalue weighted by atomic mass is 79.9. The first-order valence-corrected chi connectivity index (χ1v) is 13.3. The first-order chi connectivity index (χ1) is 17.4. The minimum absolute atomic E-state index is 0.234. The third kappa shape index (κ3) is 6.21. The summed E-state index contributed by atoms with van der Waals surface area (Å²) >= 11 is 4.70. The molecule has 1 atom stereocenters. The molecule has 0 aliphatic carbocycles. The summed E-state index contributed by atoms with van der Waals surface area (Å²) < 4.78 is 11.5. The monoisotopic (exact) mass is 570 g/mol. The number of hydrogen-bond donors (Lipinski definition) is 1. The Labute approximate surface area is 222 Å². The van der Waals surface area contributed by atoms with E-state index in [2.05, 4.69) is 38.3 Å². The van der Waals surface area contributed by atoms with Crippen LogP contribution in [0.15, 0.2) is 59.1 Å². The molecule has 0 saturated heterocycles. The van der Waals surface area contributed by atoms with Crippen LogP contribution in [0.1, 0.15) is 50.6 Å². The minimum Gasteiger partial charge on any atom is -0.462 e. The number of fused-ring (bicyclic) bond motifs is 1. The molecule has 7 nitrogen and oxygen atoms in total. The molecule has 2 aromatic carbocycles. The zero-order chi connectivity index (χ0) is 25.7. The second-order valence-corrected chi connectivity index (χ2v) is 10.4. The van der Waals surface area contributed by atoms with Crippen molar-refractivity contribution in [2.45, 2.75) is 39.5 Å². The van der Waals surface area contributed by atoms with Crippen LogP contribution in [0, 0.1) is 0 Å². The maximum atomic E-state index is 12.9. The molecule has 0 bridgehead atoms. The van der Waals surface area contributed by atoms with Crippen molar-refractivity contribution in [2.75, 3.05) is 18.5 Å². The Kier molecular flexibility index (Phi) is 8.56. The highest BCUT2D eigenvalue weighted by molar-refractivity contribution is 9.10. The van der Waals surface area contributed by atoms with Gasteiger partial charge in [-0.05, 0) is 55.7 Å². The van der Waals surface area contributed by atoms with Gasteiger partial charge in [-0.2, -0.15) is 0 Å². The van der Waals surface area contributed by atoms with Crippen molar-refractivity contribution in [3.63, 3.8) is 0 Å². The Morgan fingerprint density at radius 3 is 2.50 bits per heavy atom. The first-order valence-electron chi connectivity index (χ1n) is 11.7. The van der Waals surface area contributed by atoms with E-state index in [9.17, 15) is 14.4 Å². The van der Waals surface area contributed by atoms with Crippen LogP contribution in [0.3, 0.4) is 0 Å². The number of nitrogens with one attached hydrogen (secondary N) is 1. The number of benzene rings is 2. The highest BCUT2D eigenvalue weighted by Crippen LogP contribution is 2.38. The first kappa shape index (κ1) is 26.1. The lowest BCUT2D eigenvalue weighted by molar-refractivity contribution is -0.123. The average Bonchev–Trinajstić information content (AvgIpc) is 3.22. The smallest absolute Gasteiger partial charge is 0.341 e. The van der Waals surface area contributed by atoms with Gasteiger partial charge in [0, 0.05) is 29.0 Å². The van der Waals surface area contributed by atoms with Crippen molar-refractivity contribution in [1.29, 1.82) is 0 Å². The second kappa shape index (κ2) is 11.8. The third-order valence-electron chi connectivity index (χ3n) is 5.83. The van der Waals surface area contributed by atoms with Crippen LogP contribution in [0.4, 0.5) is 5.00 Å². The molecule has 1 N–H and O–H groups in total. The van der Waals surface area contributed by atoms with Crippen molar-refractivity contribution in [3.8, 4) is 0 Å². The number of rotatable bonds is 8. The van der Waals surface area contributed by atoms with Crippen molar-refractivity contribution in [2.24, 2.45) is 0 Å². The summed E-state index contributed by atoms with van der Waals surface area (Å²) in [7, 11) is 0. The van der Waals surface area contributed by atoms with Crippen molar-refractivity contribution >= 4 is 50.1 Å². The molecule has 2 heterocycles. The van der Waals surface area contributed by atoms with E-state index in [4.69, 9.17) is 9.47 Å². The van der Waals surface area contributed by atoms with Gasteiger partial charge in [-0.15, -0.1) is 11.3 Å². The molecule has 4 rings (SSSR count). The van der Waals surface area contributed by atoms with E-state index >= 15 is 0 Å². The van der Waals surface area contributed by atoms with Gasteiger partial charge in [-0.3, -0.25) is 9.69 Å². The number of halogens is 1. The fourth-order valence-corrected chi connectivity index (χ4v) is 5.57. The van der Waals surface area contributed by atoms with Crippen LogP contribution < -0.4 is 5.32 Å². The number of ether oxygens (including phenoxy) is 2. The van der Waals surface area contributed by atoms with Crippen LogP contribution in [0.2, 0.25) is 0 Å². The Balaban J connectivity index is 1.49. The summed E-state index contributed by atoms with van der Waals surface area (Å²) in [4.78, 5) is 41.6. The maximum absolute atomic E-state index is 12.9. The highest BCUT2D eigenvalue weighted by Gasteiger charge is 2.30. The van der Waals surface area contributed by atoms with E-state index in [1.165, 1.54) is 23.8 Å². The molecule has 1 unspecified atom stereocenters. The number of hydrogen-bond acceptors (Lipinski definition) is 7. The number of carbonyl (C=O) groups excluding carboxylic acids is 3. The maximum Gasteiger partial charge on any atom is 0.341 e. The van der Waals surface area contributed by atoms with Crippen LogP contribution in [-0.2, 0) is 33.8 Å². The van der Waals surface area contributed by atoms with Gasteiger partial charge in [0.2, 0.25) is 0 Å². The number of esters is 2. The van der Waals surface area contributed by atoms with E-state index < -0.39 is 23.9 Å². The standard InChI is InChI=1S/C27H27BrN2O5S/c1-3-34-27(33)23-21-13-14-30(15-18-7-5-4-6-8-18)16-22(21)36-25(23)29-24(31)17(2)35-26(32)19-9-11-20(28)12-10-19/h4-12,17H,3,13-16H2,1-2H3,(H,29,31). The second-order valence-electron chi connectivity index (χ2n) is 8.42. The molecule has 3 aromatic rings. The van der Waals surface area contributed by atoms with E-state index in [0.29, 0.717) is 29.1 Å². The largest absolute Gasteiger partial charge is 0.462 e. The van der Waals surface area contributed by atoms with E-state index in [0.717, 1.165) is 28.0 Å². The van der Waals surface area contributed by atoms with Gasteiger partial charge in [0.1, 0.15) is 5.00 Å². The molecule has 188 valence electrons. The molecule has 9 heteroatoms. The zero-order valence-corrected chi connectivity index (χ0v) is 22.5. The van der Waals surface area contributed by atoms with Crippen LogP contribution in [-0.4, -0.2) is 42.0 Å². The van der Waals surface area contributed by atoms with Crippen LogP contribution in [0.25, 0.3) is 0 Å². The van der Waals surface area contributed by atoms with Gasteiger partial charge in [0.25, 0.3) is 5.91 Å². The number of anilines is 1. The summed E-state index contributed by atoms with van der Waals surface area (Å²) in [6, 6.07) is 16.9. The molecule has 36 heavy (non-hydrogen) atoms. The van der Waals surface area contributed by atoms with E-state index in [-0.39, 0.29) is 6.61 Å². The zero-order valence-electron chi connectivity index (χ0n) is 20.1. The van der Waals surface area contributed by atoms with Gasteiger partial charge in [0.05, 0.1) is 17.7 Å². The van der Waals surface area contributed by atoms with Gasteiger partial charge in [-0.1, -0.05) is 46.3 Å². The lowest BCUT2D eigenvalue weighted by Gasteiger charge is -2.27. The molecule has 0 saturated carbocycles. The molecule has 0 spiro atoms. The quantitative estimate of drug-likeness (QED) is 0.363. The topological polar surface area (TPSA) is 84.9 Å². The Bertz CT molecular complexity index is 1240. The Morgan fingerprint density at radius 1 is 1.08 bits per heavy atom. The average molecular weight is 571 g/mol. The molecule has 1 amide bonds. The van der Waals surface area contributed by atoms with Crippen LogP contribution >= 0.6 is 27.3 Å². The summed E-state index contributed by atoms with van der Waals surface area (Å²) in [5.41, 5.74) is 2.88. The minimum atomic E-state index is -1.05. The molecule has 0 radical (unpaired) electrons. The molecule has 1 aromatic heterocycles. The number of amides is 1. The summed E-state index contributed by atoms with van der Waals surface area (Å²) in [6.45, 7) is 5.76. The van der Waals surface area contributed by atoms with Gasteiger partial charge in [-0.25, -0.2) is 9.59 Å². The third-order valence-corrected chi connectivity index (χ3v) is 7.50. The van der Waals surface area contributed by atoms with E-state index in [1.54, 1.807) is 31.2 Å². The van der Waals surface area contributed by atoms with Crippen molar-refractivity contribution < 1.29 is 23.9 Å². The predicted octanol–water partition coefficient (Wildman–Crippen LogP) is 5.43. The summed E-state index contributed by atoms with van der Waals surface area (Å²) in [6.07, 6.45) is -0.374. The molecular weight excluding hydrogens is 544 g/mol. The molecular formula is C27H27BrN2O5S. The lowest BCUT2D eigenvalue weighted by atomic mass is 10.0. The predicted molar refractivity (Wildman–Crippen MR) is 142 cm³/mol. The number of carbonyl (C=O) groups is 3. The van der Waals surface area contributed by atoms with Crippen molar-refractivity contribution in [1.82, 2.24) is 4.90 Å². The fourth-order valence-electron chi connectivity index (χ4n) is 4.02. The Hall–Kier alpha value is -3.01. The number of thiophene rings is 1. The van der Waals surface area contributed by atoms with Gasteiger partial charge < -0.3 is 14.8 Å². The van der Waals surface area contributed by atoms with E-state index in [1.807, 2.05) is 18.2 Å². The van der Waals surface area contributed by atoms with Crippen molar-refractivity contribution in [3.05, 3.63) is 86.2 Å². The molecule has 0 fully saturated rings. The summed E-state index contributed by atoms with van der Waals surface area (Å²) in [5.74, 6) is -1.56. The molecule has 1 aliphatic rings. The summed E-state index contributed by atoms with van der Waals surface area (Å²) in [5, 5.41) is 3.24. The SMILES string of the molecule is CCOC(=O)c1c(NC(=O)C(C)OC(=O)c2ccc(Br)cc2)sc2c1CCN(Cc1ccccc1)C2. The van der Waals surface area contributed by atoms with Gasteiger partial charge >= 0.3 is 11.9 Å². The fraction of sp³-hybridized carbons (Fsp3) is 0.296.